The molecule has 0 aliphatic heterocycles. The van der Waals surface area contributed by atoms with Gasteiger partial charge in [-0.05, 0) is 19.1 Å². The minimum Gasteiger partial charge on any atom is -0.476 e. The SMILES string of the molecule is Cc1c(C(=O)O)nnn1CC(=O)NCc1ccco1. The van der Waals surface area contributed by atoms with Crippen molar-refractivity contribution >= 4 is 11.9 Å². The summed E-state index contributed by atoms with van der Waals surface area (Å²) in [5.74, 6) is -0.837. The number of carboxylic acids is 1. The third-order valence-electron chi connectivity index (χ3n) is 2.52. The number of aromatic carboxylic acids is 1. The minimum absolute atomic E-state index is 0.0905. The van der Waals surface area contributed by atoms with E-state index in [0.717, 1.165) is 0 Å². The van der Waals surface area contributed by atoms with E-state index in [1.165, 1.54) is 10.9 Å². The van der Waals surface area contributed by atoms with Gasteiger partial charge in [0.05, 0.1) is 18.5 Å². The number of aromatic nitrogens is 3. The zero-order valence-corrected chi connectivity index (χ0v) is 10.2. The molecule has 0 saturated carbocycles. The van der Waals surface area contributed by atoms with Gasteiger partial charge in [0.25, 0.3) is 0 Å². The van der Waals surface area contributed by atoms with Gasteiger partial charge < -0.3 is 14.8 Å². The number of furan rings is 1. The lowest BCUT2D eigenvalue weighted by Gasteiger charge is -2.04. The Bertz CT molecular complexity index is 588. The summed E-state index contributed by atoms with van der Waals surface area (Å²) in [6, 6.07) is 3.46. The molecule has 2 rings (SSSR count). The van der Waals surface area contributed by atoms with Crippen molar-refractivity contribution in [3.8, 4) is 0 Å². The average molecular weight is 264 g/mol. The van der Waals surface area contributed by atoms with E-state index in [1.807, 2.05) is 0 Å². The lowest BCUT2D eigenvalue weighted by Crippen LogP contribution is -2.27. The van der Waals surface area contributed by atoms with Gasteiger partial charge >= 0.3 is 5.97 Å². The largest absolute Gasteiger partial charge is 0.476 e. The second-order valence-electron chi connectivity index (χ2n) is 3.84. The summed E-state index contributed by atoms with van der Waals surface area (Å²) in [5.41, 5.74) is 0.180. The lowest BCUT2D eigenvalue weighted by atomic mass is 10.3. The predicted molar refractivity (Wildman–Crippen MR) is 62.3 cm³/mol. The van der Waals surface area contributed by atoms with Gasteiger partial charge in [-0.1, -0.05) is 5.21 Å². The van der Waals surface area contributed by atoms with Gasteiger partial charge in [-0.25, -0.2) is 9.48 Å². The maximum atomic E-state index is 11.7. The highest BCUT2D eigenvalue weighted by atomic mass is 16.4. The van der Waals surface area contributed by atoms with Crippen LogP contribution >= 0.6 is 0 Å². The topological polar surface area (TPSA) is 110 Å². The van der Waals surface area contributed by atoms with Gasteiger partial charge in [-0.3, -0.25) is 4.79 Å². The normalized spacial score (nSPS) is 10.4. The van der Waals surface area contributed by atoms with E-state index in [9.17, 15) is 9.59 Å². The van der Waals surface area contributed by atoms with Crippen molar-refractivity contribution in [3.63, 3.8) is 0 Å². The van der Waals surface area contributed by atoms with Crippen molar-refractivity contribution in [2.75, 3.05) is 0 Å². The van der Waals surface area contributed by atoms with E-state index in [2.05, 4.69) is 15.6 Å². The van der Waals surface area contributed by atoms with Crippen LogP contribution in [-0.2, 0) is 17.9 Å². The van der Waals surface area contributed by atoms with Gasteiger partial charge in [0.1, 0.15) is 12.3 Å². The van der Waals surface area contributed by atoms with Crippen LogP contribution < -0.4 is 5.32 Å². The van der Waals surface area contributed by atoms with Crippen LogP contribution in [0.5, 0.6) is 0 Å². The fourth-order valence-electron chi connectivity index (χ4n) is 1.50. The second-order valence-corrected chi connectivity index (χ2v) is 3.84. The summed E-state index contributed by atoms with van der Waals surface area (Å²) in [6.07, 6.45) is 1.52. The Morgan fingerprint density at radius 2 is 2.32 bits per heavy atom. The summed E-state index contributed by atoms with van der Waals surface area (Å²) >= 11 is 0. The number of carboxylic acid groups (broad SMARTS) is 1. The Hall–Kier alpha value is -2.64. The third-order valence-corrected chi connectivity index (χ3v) is 2.52. The van der Waals surface area contributed by atoms with Crippen molar-refractivity contribution in [3.05, 3.63) is 35.5 Å². The molecule has 2 aromatic heterocycles. The fraction of sp³-hybridized carbons (Fsp3) is 0.273. The van der Waals surface area contributed by atoms with Gasteiger partial charge in [0.15, 0.2) is 5.69 Å². The van der Waals surface area contributed by atoms with Crippen molar-refractivity contribution in [1.82, 2.24) is 20.3 Å². The van der Waals surface area contributed by atoms with E-state index in [1.54, 1.807) is 19.1 Å². The number of hydrogen-bond donors (Lipinski definition) is 2. The molecule has 0 fully saturated rings. The Morgan fingerprint density at radius 1 is 1.53 bits per heavy atom. The molecule has 0 atom stereocenters. The highest BCUT2D eigenvalue weighted by molar-refractivity contribution is 5.86. The molecule has 2 aromatic rings. The molecular weight excluding hydrogens is 252 g/mol. The molecule has 19 heavy (non-hydrogen) atoms. The Labute approximate surface area is 108 Å². The summed E-state index contributed by atoms with van der Waals surface area (Å²) < 4.78 is 6.30. The van der Waals surface area contributed by atoms with Crippen LogP contribution in [0.1, 0.15) is 21.9 Å². The number of carbonyl (C=O) groups excluding carboxylic acids is 1. The van der Waals surface area contributed by atoms with Crippen LogP contribution in [0.15, 0.2) is 22.8 Å². The van der Waals surface area contributed by atoms with Crippen LogP contribution in [0.3, 0.4) is 0 Å². The quantitative estimate of drug-likeness (QED) is 0.797. The highest BCUT2D eigenvalue weighted by Crippen LogP contribution is 2.03. The lowest BCUT2D eigenvalue weighted by molar-refractivity contribution is -0.122. The molecule has 0 radical (unpaired) electrons. The number of hydrogen-bond acceptors (Lipinski definition) is 5. The highest BCUT2D eigenvalue weighted by Gasteiger charge is 2.16. The van der Waals surface area contributed by atoms with E-state index >= 15 is 0 Å². The van der Waals surface area contributed by atoms with Gasteiger partial charge in [0.2, 0.25) is 5.91 Å². The number of amides is 1. The van der Waals surface area contributed by atoms with Crippen LogP contribution in [0.25, 0.3) is 0 Å². The molecule has 100 valence electrons. The molecule has 0 saturated heterocycles. The zero-order valence-electron chi connectivity index (χ0n) is 10.2. The zero-order chi connectivity index (χ0) is 13.8. The average Bonchev–Trinajstić information content (AvgIpc) is 2.98. The molecule has 2 N–H and O–H groups in total. The maximum Gasteiger partial charge on any atom is 0.358 e. The summed E-state index contributed by atoms with van der Waals surface area (Å²) in [7, 11) is 0. The molecule has 0 spiro atoms. The predicted octanol–water partition coefficient (Wildman–Crippen LogP) is 0.194. The van der Waals surface area contributed by atoms with Gasteiger partial charge in [-0.2, -0.15) is 0 Å². The van der Waals surface area contributed by atoms with Crippen LogP contribution in [0.4, 0.5) is 0 Å². The first kappa shape index (κ1) is 12.8. The second kappa shape index (κ2) is 5.34. The molecule has 8 heteroatoms. The number of rotatable bonds is 5. The summed E-state index contributed by atoms with van der Waals surface area (Å²) in [4.78, 5) is 22.4. The molecule has 2 heterocycles. The first-order valence-corrected chi connectivity index (χ1v) is 5.50. The first-order valence-electron chi connectivity index (χ1n) is 5.50. The summed E-state index contributed by atoms with van der Waals surface area (Å²) in [6.45, 7) is 1.72. The van der Waals surface area contributed by atoms with Crippen LogP contribution in [0.2, 0.25) is 0 Å². The van der Waals surface area contributed by atoms with E-state index < -0.39 is 5.97 Å². The standard InChI is InChI=1S/C11H12N4O4/c1-7-10(11(17)18)13-14-15(7)6-9(16)12-5-8-3-2-4-19-8/h2-4H,5-6H2,1H3,(H,12,16)(H,17,18). The first-order chi connectivity index (χ1) is 9.08. The van der Waals surface area contributed by atoms with Crippen molar-refractivity contribution in [1.29, 1.82) is 0 Å². The molecule has 0 aliphatic rings. The fourth-order valence-corrected chi connectivity index (χ4v) is 1.50. The van der Waals surface area contributed by atoms with Crippen molar-refractivity contribution < 1.29 is 19.1 Å². The maximum absolute atomic E-state index is 11.7. The van der Waals surface area contributed by atoms with E-state index in [0.29, 0.717) is 11.5 Å². The summed E-state index contributed by atoms with van der Waals surface area (Å²) in [5, 5.41) is 18.6. The van der Waals surface area contributed by atoms with Gasteiger partial charge in [0, 0.05) is 0 Å². The molecule has 0 unspecified atom stereocenters. The molecule has 8 nitrogen and oxygen atoms in total. The number of carbonyl (C=O) groups is 2. The Morgan fingerprint density at radius 3 is 2.89 bits per heavy atom. The van der Waals surface area contributed by atoms with Gasteiger partial charge in [-0.15, -0.1) is 5.10 Å². The third kappa shape index (κ3) is 2.97. The number of nitrogens with one attached hydrogen (secondary N) is 1. The van der Waals surface area contributed by atoms with E-state index in [-0.39, 0.29) is 24.7 Å². The smallest absolute Gasteiger partial charge is 0.358 e. The molecule has 1 amide bonds. The van der Waals surface area contributed by atoms with E-state index in [4.69, 9.17) is 9.52 Å². The molecule has 0 aromatic carbocycles. The monoisotopic (exact) mass is 264 g/mol. The molecule has 0 aliphatic carbocycles. The Balaban J connectivity index is 1.93. The van der Waals surface area contributed by atoms with Crippen LogP contribution in [0, 0.1) is 6.92 Å². The Kier molecular flexibility index (Phi) is 3.60. The van der Waals surface area contributed by atoms with Crippen molar-refractivity contribution in [2.24, 2.45) is 0 Å². The minimum atomic E-state index is -1.17. The number of nitrogens with zero attached hydrogens (tertiary/aromatic N) is 3. The van der Waals surface area contributed by atoms with Crippen LogP contribution in [-0.4, -0.2) is 32.0 Å². The van der Waals surface area contributed by atoms with Crippen molar-refractivity contribution in [2.45, 2.75) is 20.0 Å². The molecule has 0 bridgehead atoms. The molecular formula is C11H12N4O4.